The van der Waals surface area contributed by atoms with Crippen LogP contribution in [0, 0.1) is 5.82 Å². The lowest BCUT2D eigenvalue weighted by atomic mass is 10.2. The molecule has 2 N–H and O–H groups in total. The van der Waals surface area contributed by atoms with Crippen LogP contribution < -0.4 is 5.32 Å². The molecule has 0 saturated heterocycles. The highest BCUT2D eigenvalue weighted by Gasteiger charge is 2.15. The van der Waals surface area contributed by atoms with Crippen molar-refractivity contribution in [2.45, 2.75) is 0 Å². The standard InChI is InChI=1S/C13H7Cl3FNO2/c14-8-4-6(5-9(15)12(8)19)18-13(20)7-2-1-3-10(17)11(7)16/h1-5,19H,(H,18,20). The number of nitrogens with one attached hydrogen (secondary N) is 1. The second-order valence-electron chi connectivity index (χ2n) is 3.84. The highest BCUT2D eigenvalue weighted by atomic mass is 35.5. The quantitative estimate of drug-likeness (QED) is 0.779. The van der Waals surface area contributed by atoms with Crippen LogP contribution in [-0.4, -0.2) is 11.0 Å². The third kappa shape index (κ3) is 2.98. The van der Waals surface area contributed by atoms with Crippen molar-refractivity contribution in [2.75, 3.05) is 5.32 Å². The number of carbonyl (C=O) groups is 1. The Hall–Kier alpha value is -1.49. The first-order chi connectivity index (χ1) is 9.40. The summed E-state index contributed by atoms with van der Waals surface area (Å²) in [6.45, 7) is 0. The first kappa shape index (κ1) is 14.9. The first-order valence-electron chi connectivity index (χ1n) is 5.33. The van der Waals surface area contributed by atoms with Crippen molar-refractivity contribution in [1.82, 2.24) is 0 Å². The number of hydrogen-bond donors (Lipinski definition) is 2. The molecular formula is C13H7Cl3FNO2. The van der Waals surface area contributed by atoms with Gasteiger partial charge in [0.25, 0.3) is 5.91 Å². The number of phenols is 1. The maximum absolute atomic E-state index is 13.3. The van der Waals surface area contributed by atoms with Gasteiger partial charge in [-0.1, -0.05) is 40.9 Å². The van der Waals surface area contributed by atoms with Gasteiger partial charge in [-0.3, -0.25) is 4.79 Å². The molecule has 20 heavy (non-hydrogen) atoms. The highest BCUT2D eigenvalue weighted by Crippen LogP contribution is 2.34. The summed E-state index contributed by atoms with van der Waals surface area (Å²) in [5.41, 5.74) is 0.232. The Morgan fingerprint density at radius 3 is 2.35 bits per heavy atom. The van der Waals surface area contributed by atoms with Crippen LogP contribution in [0.2, 0.25) is 15.1 Å². The summed E-state index contributed by atoms with van der Waals surface area (Å²) in [6, 6.07) is 6.52. The molecule has 0 heterocycles. The number of halogens is 4. The van der Waals surface area contributed by atoms with Crippen LogP contribution in [0.5, 0.6) is 5.75 Å². The van der Waals surface area contributed by atoms with Gasteiger partial charge in [0.2, 0.25) is 0 Å². The molecule has 104 valence electrons. The maximum atomic E-state index is 13.3. The minimum absolute atomic E-state index is 0.0156. The van der Waals surface area contributed by atoms with Crippen LogP contribution in [-0.2, 0) is 0 Å². The van der Waals surface area contributed by atoms with E-state index in [1.165, 1.54) is 24.3 Å². The normalized spacial score (nSPS) is 10.4. The fraction of sp³-hybridized carbons (Fsp3) is 0. The summed E-state index contributed by atoms with van der Waals surface area (Å²) >= 11 is 17.2. The number of phenolic OH excluding ortho intramolecular Hbond substituents is 1. The summed E-state index contributed by atoms with van der Waals surface area (Å²) in [6.07, 6.45) is 0. The predicted molar refractivity (Wildman–Crippen MR) is 77.5 cm³/mol. The van der Waals surface area contributed by atoms with Crippen LogP contribution in [0.3, 0.4) is 0 Å². The zero-order valence-electron chi connectivity index (χ0n) is 9.75. The monoisotopic (exact) mass is 333 g/mol. The van der Waals surface area contributed by atoms with Gasteiger partial charge in [0.1, 0.15) is 5.82 Å². The third-order valence-corrected chi connectivity index (χ3v) is 3.43. The van der Waals surface area contributed by atoms with Gasteiger partial charge in [-0.05, 0) is 24.3 Å². The average Bonchev–Trinajstić information content (AvgIpc) is 2.39. The number of rotatable bonds is 2. The van der Waals surface area contributed by atoms with Gasteiger partial charge in [0.15, 0.2) is 5.75 Å². The lowest BCUT2D eigenvalue weighted by Gasteiger charge is -2.09. The van der Waals surface area contributed by atoms with Crippen molar-refractivity contribution in [1.29, 1.82) is 0 Å². The molecule has 0 unspecified atom stereocenters. The molecule has 2 rings (SSSR count). The fourth-order valence-corrected chi connectivity index (χ4v) is 2.21. The molecule has 0 aliphatic carbocycles. The number of benzene rings is 2. The maximum Gasteiger partial charge on any atom is 0.257 e. The SMILES string of the molecule is O=C(Nc1cc(Cl)c(O)c(Cl)c1)c1cccc(F)c1Cl. The number of hydrogen-bond acceptors (Lipinski definition) is 2. The largest absolute Gasteiger partial charge is 0.505 e. The molecule has 2 aromatic carbocycles. The van der Waals surface area contributed by atoms with Crippen LogP contribution in [0.25, 0.3) is 0 Å². The molecule has 0 radical (unpaired) electrons. The van der Waals surface area contributed by atoms with Crippen molar-refractivity contribution in [3.05, 3.63) is 56.8 Å². The Labute approximate surface area is 128 Å². The van der Waals surface area contributed by atoms with Crippen molar-refractivity contribution in [3.8, 4) is 5.75 Å². The van der Waals surface area contributed by atoms with Gasteiger partial charge in [0, 0.05) is 5.69 Å². The minimum Gasteiger partial charge on any atom is -0.505 e. The van der Waals surface area contributed by atoms with E-state index in [2.05, 4.69) is 5.32 Å². The summed E-state index contributed by atoms with van der Waals surface area (Å²) in [7, 11) is 0. The third-order valence-electron chi connectivity index (χ3n) is 2.47. The Balaban J connectivity index is 2.30. The molecule has 0 aliphatic rings. The van der Waals surface area contributed by atoms with E-state index in [-0.39, 0.29) is 32.1 Å². The van der Waals surface area contributed by atoms with Gasteiger partial charge < -0.3 is 10.4 Å². The van der Waals surface area contributed by atoms with Crippen molar-refractivity contribution < 1.29 is 14.3 Å². The second kappa shape index (κ2) is 5.87. The van der Waals surface area contributed by atoms with Crippen LogP contribution in [0.15, 0.2) is 30.3 Å². The van der Waals surface area contributed by atoms with Gasteiger partial charge in [0.05, 0.1) is 20.6 Å². The summed E-state index contributed by atoms with van der Waals surface area (Å²) in [5.74, 6) is -1.59. The van der Waals surface area contributed by atoms with E-state index in [4.69, 9.17) is 34.8 Å². The molecule has 0 spiro atoms. The number of carbonyl (C=O) groups excluding carboxylic acids is 1. The van der Waals surface area contributed by atoms with E-state index in [1.807, 2.05) is 0 Å². The first-order valence-corrected chi connectivity index (χ1v) is 6.47. The number of aromatic hydroxyl groups is 1. The summed E-state index contributed by atoms with van der Waals surface area (Å²) < 4.78 is 13.3. The molecule has 0 bridgehead atoms. The highest BCUT2D eigenvalue weighted by molar-refractivity contribution is 6.38. The van der Waals surface area contributed by atoms with Crippen LogP contribution in [0.1, 0.15) is 10.4 Å². The Morgan fingerprint density at radius 1 is 1.15 bits per heavy atom. The number of amides is 1. The van der Waals surface area contributed by atoms with E-state index in [0.717, 1.165) is 6.07 Å². The molecule has 0 saturated carbocycles. The van der Waals surface area contributed by atoms with Crippen LogP contribution >= 0.6 is 34.8 Å². The predicted octanol–water partition coefficient (Wildman–Crippen LogP) is 4.74. The Kier molecular flexibility index (Phi) is 4.38. The van der Waals surface area contributed by atoms with Crippen molar-refractivity contribution in [3.63, 3.8) is 0 Å². The van der Waals surface area contributed by atoms with Gasteiger partial charge in [-0.2, -0.15) is 0 Å². The summed E-state index contributed by atoms with van der Waals surface area (Å²) in [4.78, 5) is 12.0. The molecule has 0 fully saturated rings. The van der Waals surface area contributed by atoms with E-state index >= 15 is 0 Å². The molecule has 1 amide bonds. The van der Waals surface area contributed by atoms with E-state index in [1.54, 1.807) is 0 Å². The minimum atomic E-state index is -0.693. The molecule has 7 heteroatoms. The average molecular weight is 335 g/mol. The van der Waals surface area contributed by atoms with Gasteiger partial charge in [-0.25, -0.2) is 4.39 Å². The molecular weight excluding hydrogens is 328 g/mol. The lowest BCUT2D eigenvalue weighted by molar-refractivity contribution is 0.102. The fourth-order valence-electron chi connectivity index (χ4n) is 1.52. The number of anilines is 1. The smallest absolute Gasteiger partial charge is 0.257 e. The van der Waals surface area contributed by atoms with Gasteiger partial charge >= 0.3 is 0 Å². The van der Waals surface area contributed by atoms with E-state index in [0.29, 0.717) is 0 Å². The molecule has 0 atom stereocenters. The topological polar surface area (TPSA) is 49.3 Å². The molecule has 3 nitrogen and oxygen atoms in total. The summed E-state index contributed by atoms with van der Waals surface area (Å²) in [5, 5.41) is 11.6. The van der Waals surface area contributed by atoms with E-state index in [9.17, 15) is 14.3 Å². The Morgan fingerprint density at radius 2 is 1.75 bits per heavy atom. The van der Waals surface area contributed by atoms with Crippen LogP contribution in [0.4, 0.5) is 10.1 Å². The van der Waals surface area contributed by atoms with Crippen molar-refractivity contribution in [2.24, 2.45) is 0 Å². The van der Waals surface area contributed by atoms with Crippen molar-refractivity contribution >= 4 is 46.4 Å². The zero-order valence-corrected chi connectivity index (χ0v) is 12.0. The lowest BCUT2D eigenvalue weighted by Crippen LogP contribution is -2.13. The second-order valence-corrected chi connectivity index (χ2v) is 5.04. The molecule has 2 aromatic rings. The zero-order chi connectivity index (χ0) is 14.9. The molecule has 0 aromatic heterocycles. The Bertz CT molecular complexity index is 668. The van der Waals surface area contributed by atoms with Gasteiger partial charge in [-0.15, -0.1) is 0 Å². The van der Waals surface area contributed by atoms with E-state index < -0.39 is 11.7 Å². The molecule has 0 aliphatic heterocycles.